The monoisotopic (exact) mass is 261 g/mol. The second kappa shape index (κ2) is 6.76. The number of halogens is 2. The van der Waals surface area contributed by atoms with Crippen LogP contribution in [0.1, 0.15) is 16.8 Å². The van der Waals surface area contributed by atoms with Crippen LogP contribution in [0.4, 0.5) is 4.39 Å². The molecule has 0 radical (unpaired) electrons. The third kappa shape index (κ3) is 4.02. The van der Waals surface area contributed by atoms with E-state index in [1.807, 2.05) is 6.26 Å². The van der Waals surface area contributed by atoms with Gasteiger partial charge in [-0.05, 0) is 36.6 Å². The smallest absolute Gasteiger partial charge is 0.254 e. The van der Waals surface area contributed by atoms with Crippen LogP contribution in [0.15, 0.2) is 18.2 Å². The molecule has 0 aliphatic heterocycles. The Labute approximate surface area is 104 Å². The van der Waals surface area contributed by atoms with Crippen molar-refractivity contribution >= 4 is 29.3 Å². The van der Waals surface area contributed by atoms with Crippen LogP contribution in [-0.4, -0.2) is 24.5 Å². The van der Waals surface area contributed by atoms with Gasteiger partial charge >= 0.3 is 0 Å². The van der Waals surface area contributed by atoms with Crippen LogP contribution in [0.3, 0.4) is 0 Å². The fourth-order valence-electron chi connectivity index (χ4n) is 1.19. The first kappa shape index (κ1) is 13.3. The van der Waals surface area contributed by atoms with Crippen LogP contribution in [0.25, 0.3) is 0 Å². The number of hydrogen-bond acceptors (Lipinski definition) is 2. The second-order valence-corrected chi connectivity index (χ2v) is 4.65. The lowest BCUT2D eigenvalue weighted by Gasteiger charge is -2.05. The van der Waals surface area contributed by atoms with Gasteiger partial charge in [0.25, 0.3) is 5.91 Å². The van der Waals surface area contributed by atoms with Crippen molar-refractivity contribution in [1.82, 2.24) is 5.32 Å². The molecule has 0 saturated carbocycles. The Kier molecular flexibility index (Phi) is 5.63. The van der Waals surface area contributed by atoms with Gasteiger partial charge in [0.15, 0.2) is 0 Å². The zero-order valence-corrected chi connectivity index (χ0v) is 10.5. The van der Waals surface area contributed by atoms with Crippen LogP contribution >= 0.6 is 23.4 Å². The van der Waals surface area contributed by atoms with E-state index in [0.29, 0.717) is 11.6 Å². The number of thioether (sulfide) groups is 1. The fourth-order valence-corrected chi connectivity index (χ4v) is 1.79. The lowest BCUT2D eigenvalue weighted by Crippen LogP contribution is -2.25. The molecule has 0 atom stereocenters. The van der Waals surface area contributed by atoms with E-state index in [4.69, 9.17) is 11.6 Å². The molecule has 1 aromatic rings. The van der Waals surface area contributed by atoms with Gasteiger partial charge < -0.3 is 5.32 Å². The SMILES string of the molecule is CSCCCNC(=O)c1cc(Cl)ccc1F. The van der Waals surface area contributed by atoms with E-state index in [1.165, 1.54) is 18.2 Å². The highest BCUT2D eigenvalue weighted by molar-refractivity contribution is 7.98. The summed E-state index contributed by atoms with van der Waals surface area (Å²) in [7, 11) is 0. The van der Waals surface area contributed by atoms with E-state index in [1.54, 1.807) is 11.8 Å². The maximum atomic E-state index is 13.3. The van der Waals surface area contributed by atoms with E-state index < -0.39 is 11.7 Å². The highest BCUT2D eigenvalue weighted by Crippen LogP contribution is 2.14. The molecule has 0 heterocycles. The predicted molar refractivity (Wildman–Crippen MR) is 66.7 cm³/mol. The largest absolute Gasteiger partial charge is 0.352 e. The average Bonchev–Trinajstić information content (AvgIpc) is 2.27. The summed E-state index contributed by atoms with van der Waals surface area (Å²) in [6.07, 6.45) is 2.87. The summed E-state index contributed by atoms with van der Waals surface area (Å²) < 4.78 is 13.3. The van der Waals surface area contributed by atoms with Gasteiger partial charge in [0.2, 0.25) is 0 Å². The minimum atomic E-state index is -0.549. The van der Waals surface area contributed by atoms with Gasteiger partial charge in [0, 0.05) is 11.6 Å². The molecule has 1 N–H and O–H groups in total. The second-order valence-electron chi connectivity index (χ2n) is 3.23. The van der Waals surface area contributed by atoms with Crippen molar-refractivity contribution in [2.24, 2.45) is 0 Å². The molecule has 1 aromatic carbocycles. The van der Waals surface area contributed by atoms with Crippen molar-refractivity contribution < 1.29 is 9.18 Å². The zero-order chi connectivity index (χ0) is 12.0. The van der Waals surface area contributed by atoms with E-state index >= 15 is 0 Å². The number of nitrogens with one attached hydrogen (secondary N) is 1. The highest BCUT2D eigenvalue weighted by atomic mass is 35.5. The average molecular weight is 262 g/mol. The quantitative estimate of drug-likeness (QED) is 0.826. The Balaban J connectivity index is 2.55. The summed E-state index contributed by atoms with van der Waals surface area (Å²) in [5.41, 5.74) is -0.00310. The number of amides is 1. The van der Waals surface area contributed by atoms with Crippen molar-refractivity contribution in [2.45, 2.75) is 6.42 Å². The summed E-state index contributed by atoms with van der Waals surface area (Å²) in [6.45, 7) is 0.547. The Bertz CT molecular complexity index is 373. The first-order valence-corrected chi connectivity index (χ1v) is 6.64. The molecule has 1 rings (SSSR count). The molecule has 0 spiro atoms. The van der Waals surface area contributed by atoms with Crippen LogP contribution < -0.4 is 5.32 Å². The highest BCUT2D eigenvalue weighted by Gasteiger charge is 2.11. The van der Waals surface area contributed by atoms with Crippen LogP contribution in [0.2, 0.25) is 5.02 Å². The molecule has 0 unspecified atom stereocenters. The molecule has 0 saturated heterocycles. The van der Waals surface area contributed by atoms with Gasteiger partial charge in [-0.3, -0.25) is 4.79 Å². The molecule has 0 aromatic heterocycles. The molecular weight excluding hydrogens is 249 g/mol. The summed E-state index contributed by atoms with van der Waals surface area (Å²) >= 11 is 7.40. The van der Waals surface area contributed by atoms with E-state index in [0.717, 1.165) is 12.2 Å². The van der Waals surface area contributed by atoms with Crippen LogP contribution in [0.5, 0.6) is 0 Å². The zero-order valence-electron chi connectivity index (χ0n) is 8.93. The van der Waals surface area contributed by atoms with Crippen molar-refractivity contribution in [3.05, 3.63) is 34.6 Å². The van der Waals surface area contributed by atoms with Crippen molar-refractivity contribution in [1.29, 1.82) is 0 Å². The summed E-state index contributed by atoms with van der Waals surface area (Å²) in [5.74, 6) is 0.00561. The van der Waals surface area contributed by atoms with Gasteiger partial charge in [0.1, 0.15) is 5.82 Å². The third-order valence-electron chi connectivity index (χ3n) is 1.98. The van der Waals surface area contributed by atoms with E-state index in [2.05, 4.69) is 5.32 Å². The third-order valence-corrected chi connectivity index (χ3v) is 2.92. The number of hydrogen-bond donors (Lipinski definition) is 1. The number of carbonyl (C=O) groups excluding carboxylic acids is 1. The van der Waals surface area contributed by atoms with Crippen molar-refractivity contribution in [3.63, 3.8) is 0 Å². The van der Waals surface area contributed by atoms with Crippen molar-refractivity contribution in [2.75, 3.05) is 18.6 Å². The molecule has 0 aliphatic carbocycles. The molecule has 0 bridgehead atoms. The lowest BCUT2D eigenvalue weighted by atomic mass is 10.2. The maximum Gasteiger partial charge on any atom is 0.254 e. The standard InChI is InChI=1S/C11H13ClFNOS/c1-16-6-2-5-14-11(15)9-7-8(12)3-4-10(9)13/h3-4,7H,2,5-6H2,1H3,(H,14,15). The van der Waals surface area contributed by atoms with Gasteiger partial charge in [-0.1, -0.05) is 11.6 Å². The van der Waals surface area contributed by atoms with Gasteiger partial charge in [-0.2, -0.15) is 11.8 Å². The first-order chi connectivity index (χ1) is 7.65. The summed E-state index contributed by atoms with van der Waals surface area (Å²) in [6, 6.07) is 3.95. The number of carbonyl (C=O) groups is 1. The molecule has 5 heteroatoms. The Morgan fingerprint density at radius 2 is 2.31 bits per heavy atom. The molecule has 88 valence electrons. The van der Waals surface area contributed by atoms with E-state index in [9.17, 15) is 9.18 Å². The molecule has 16 heavy (non-hydrogen) atoms. The number of benzene rings is 1. The van der Waals surface area contributed by atoms with Crippen LogP contribution in [-0.2, 0) is 0 Å². The molecular formula is C11H13ClFNOS. The normalized spacial score (nSPS) is 10.2. The molecule has 0 fully saturated rings. The first-order valence-electron chi connectivity index (χ1n) is 4.87. The van der Waals surface area contributed by atoms with Crippen LogP contribution in [0, 0.1) is 5.82 Å². The fraction of sp³-hybridized carbons (Fsp3) is 0.364. The van der Waals surface area contributed by atoms with Crippen molar-refractivity contribution in [3.8, 4) is 0 Å². The maximum absolute atomic E-state index is 13.3. The van der Waals surface area contributed by atoms with Gasteiger partial charge in [-0.15, -0.1) is 0 Å². The summed E-state index contributed by atoms with van der Waals surface area (Å²) in [4.78, 5) is 11.6. The number of rotatable bonds is 5. The molecule has 2 nitrogen and oxygen atoms in total. The van der Waals surface area contributed by atoms with E-state index in [-0.39, 0.29) is 5.56 Å². The van der Waals surface area contributed by atoms with Gasteiger partial charge in [0.05, 0.1) is 5.56 Å². The molecule has 1 amide bonds. The Hall–Kier alpha value is -0.740. The predicted octanol–water partition coefficient (Wildman–Crippen LogP) is 2.96. The minimum absolute atomic E-state index is 0.00310. The van der Waals surface area contributed by atoms with Gasteiger partial charge in [-0.25, -0.2) is 4.39 Å². The minimum Gasteiger partial charge on any atom is -0.352 e. The lowest BCUT2D eigenvalue weighted by molar-refractivity contribution is 0.0950. The summed E-state index contributed by atoms with van der Waals surface area (Å²) in [5, 5.41) is 3.01. The Morgan fingerprint density at radius 3 is 3.00 bits per heavy atom. The molecule has 0 aliphatic rings. The Morgan fingerprint density at radius 1 is 1.56 bits per heavy atom. The topological polar surface area (TPSA) is 29.1 Å².